The Kier molecular flexibility index (Phi) is 6.12. The molecule has 13 heteroatoms. The molecule has 0 aromatic carbocycles. The van der Waals surface area contributed by atoms with Crippen molar-refractivity contribution in [2.75, 3.05) is 0 Å². The van der Waals surface area contributed by atoms with Crippen LogP contribution < -0.4 is 23.9 Å². The molecule has 0 aliphatic rings. The van der Waals surface area contributed by atoms with Gasteiger partial charge < -0.3 is 23.9 Å². The van der Waals surface area contributed by atoms with E-state index in [0.717, 1.165) is 22.7 Å². The lowest BCUT2D eigenvalue weighted by molar-refractivity contribution is -0.380. The van der Waals surface area contributed by atoms with Crippen molar-refractivity contribution in [3.63, 3.8) is 0 Å². The van der Waals surface area contributed by atoms with Crippen molar-refractivity contribution in [3.05, 3.63) is 54.2 Å². The standard InChI is InChI=1S/C10H8N6O4S2.ClH/c11-10(12)14-13-9(5-1-3-7(21-5)15(17)18)6-2-4-8(22-6)16(19)20;/h1-4H,(H4,11,12,14);1H/p-1. The number of hydrogen-bond acceptors (Lipinski definition) is 8. The largest absolute Gasteiger partial charge is 1.00 e. The van der Waals surface area contributed by atoms with Gasteiger partial charge in [-0.25, -0.2) is 0 Å². The third-order valence-electron chi connectivity index (χ3n) is 2.28. The minimum Gasteiger partial charge on any atom is -1.00 e. The molecule has 4 N–H and O–H groups in total. The highest BCUT2D eigenvalue weighted by atomic mass is 35.5. The second-order valence-corrected chi connectivity index (χ2v) is 5.89. The zero-order valence-electron chi connectivity index (χ0n) is 11.1. The van der Waals surface area contributed by atoms with Crippen LogP contribution in [0.4, 0.5) is 10.0 Å². The van der Waals surface area contributed by atoms with E-state index in [1.807, 2.05) is 0 Å². The monoisotopic (exact) mass is 375 g/mol. The average Bonchev–Trinajstić information content (AvgIpc) is 3.07. The van der Waals surface area contributed by atoms with Crippen LogP contribution in [0.25, 0.3) is 0 Å². The summed E-state index contributed by atoms with van der Waals surface area (Å²) in [6.45, 7) is 0. The van der Waals surface area contributed by atoms with Gasteiger partial charge in [-0.3, -0.25) is 20.2 Å². The molecule has 2 aromatic rings. The minimum atomic E-state index is -0.538. The molecule has 0 amide bonds. The smallest absolute Gasteiger partial charge is 0.324 e. The number of halogens is 1. The highest BCUT2D eigenvalue weighted by Gasteiger charge is 2.19. The molecule has 0 aliphatic carbocycles. The molecule has 0 spiro atoms. The fraction of sp³-hybridized carbons (Fsp3) is 0. The van der Waals surface area contributed by atoms with Crippen LogP contribution in [0.3, 0.4) is 0 Å². The van der Waals surface area contributed by atoms with Crippen LogP contribution in [0.2, 0.25) is 0 Å². The van der Waals surface area contributed by atoms with Gasteiger partial charge in [0.1, 0.15) is 5.71 Å². The van der Waals surface area contributed by atoms with Crippen molar-refractivity contribution in [2.45, 2.75) is 0 Å². The molecule has 0 saturated heterocycles. The molecule has 0 unspecified atom stereocenters. The van der Waals surface area contributed by atoms with E-state index in [1.165, 1.54) is 24.3 Å². The highest BCUT2D eigenvalue weighted by molar-refractivity contribution is 7.20. The van der Waals surface area contributed by atoms with Gasteiger partial charge in [0.15, 0.2) is 0 Å². The number of rotatable bonds is 5. The van der Waals surface area contributed by atoms with Crippen molar-refractivity contribution in [1.82, 2.24) is 0 Å². The predicted octanol–water partition coefficient (Wildman–Crippen LogP) is -1.34. The van der Waals surface area contributed by atoms with Gasteiger partial charge in [0.2, 0.25) is 5.96 Å². The van der Waals surface area contributed by atoms with Gasteiger partial charge in [-0.1, -0.05) is 22.7 Å². The van der Waals surface area contributed by atoms with E-state index in [1.54, 1.807) is 0 Å². The number of hydrogen-bond donors (Lipinski definition) is 2. The molecular formula is C10H8ClN6O4S2-. The summed E-state index contributed by atoms with van der Waals surface area (Å²) in [5.74, 6) is -0.297. The van der Waals surface area contributed by atoms with Crippen LogP contribution in [0.15, 0.2) is 34.5 Å². The molecule has 0 atom stereocenters. The lowest BCUT2D eigenvalue weighted by atomic mass is 10.2. The minimum absolute atomic E-state index is 0. The quantitative estimate of drug-likeness (QED) is 0.284. The van der Waals surface area contributed by atoms with E-state index in [4.69, 9.17) is 11.5 Å². The van der Waals surface area contributed by atoms with E-state index in [0.29, 0.717) is 9.75 Å². The molecule has 0 aliphatic heterocycles. The Morgan fingerprint density at radius 1 is 0.913 bits per heavy atom. The fourth-order valence-electron chi connectivity index (χ4n) is 1.43. The first kappa shape index (κ1) is 18.5. The summed E-state index contributed by atoms with van der Waals surface area (Å²) in [6.07, 6.45) is 0. The third kappa shape index (κ3) is 4.45. The number of nitrogens with two attached hydrogens (primary N) is 2. The summed E-state index contributed by atoms with van der Waals surface area (Å²) >= 11 is 1.74. The maximum Gasteiger partial charge on any atom is 0.324 e. The summed E-state index contributed by atoms with van der Waals surface area (Å²) in [7, 11) is 0. The Balaban J connectivity index is 0.00000264. The Hall–Kier alpha value is -2.57. The summed E-state index contributed by atoms with van der Waals surface area (Å²) in [4.78, 5) is 21.3. The summed E-state index contributed by atoms with van der Waals surface area (Å²) in [5.41, 5.74) is 10.7. The first-order chi connectivity index (χ1) is 10.4. The highest BCUT2D eigenvalue weighted by Crippen LogP contribution is 2.31. The molecule has 2 rings (SSSR count). The lowest BCUT2D eigenvalue weighted by Gasteiger charge is -1.97. The number of guanidine groups is 1. The topological polar surface area (TPSA) is 163 Å². The van der Waals surface area contributed by atoms with Crippen LogP contribution in [0.5, 0.6) is 0 Å². The Labute approximate surface area is 142 Å². The lowest BCUT2D eigenvalue weighted by Crippen LogP contribution is -3.00. The van der Waals surface area contributed by atoms with E-state index < -0.39 is 9.85 Å². The van der Waals surface area contributed by atoms with Crippen molar-refractivity contribution in [2.24, 2.45) is 21.7 Å². The van der Waals surface area contributed by atoms with Crippen LogP contribution in [0, 0.1) is 20.2 Å². The number of nitrogens with zero attached hydrogens (tertiary/aromatic N) is 4. The summed E-state index contributed by atoms with van der Waals surface area (Å²) in [5, 5.41) is 28.7. The Morgan fingerprint density at radius 3 is 1.65 bits per heavy atom. The first-order valence-corrected chi connectivity index (χ1v) is 7.17. The van der Waals surface area contributed by atoms with Crippen LogP contribution in [0.1, 0.15) is 9.75 Å². The molecule has 10 nitrogen and oxygen atoms in total. The molecule has 0 bridgehead atoms. The maximum absolute atomic E-state index is 10.8. The van der Waals surface area contributed by atoms with E-state index in [-0.39, 0.29) is 34.1 Å². The molecule has 0 fully saturated rings. The molecule has 23 heavy (non-hydrogen) atoms. The molecule has 2 heterocycles. The first-order valence-electron chi connectivity index (χ1n) is 5.54. The second kappa shape index (κ2) is 7.62. The van der Waals surface area contributed by atoms with Gasteiger partial charge in [-0.05, 0) is 12.1 Å². The molecular weight excluding hydrogens is 368 g/mol. The average molecular weight is 376 g/mol. The maximum atomic E-state index is 10.8. The van der Waals surface area contributed by atoms with Crippen molar-refractivity contribution >= 4 is 44.3 Å². The van der Waals surface area contributed by atoms with Crippen LogP contribution in [-0.2, 0) is 0 Å². The van der Waals surface area contributed by atoms with Gasteiger partial charge in [0, 0.05) is 12.1 Å². The van der Waals surface area contributed by atoms with Crippen LogP contribution >= 0.6 is 22.7 Å². The normalized spacial score (nSPS) is 9.57. The van der Waals surface area contributed by atoms with Gasteiger partial charge in [0.05, 0.1) is 19.6 Å². The van der Waals surface area contributed by atoms with Gasteiger partial charge >= 0.3 is 10.0 Å². The number of nitro groups is 2. The predicted molar refractivity (Wildman–Crippen MR) is 83.4 cm³/mol. The Morgan fingerprint density at radius 2 is 1.35 bits per heavy atom. The van der Waals surface area contributed by atoms with Crippen LogP contribution in [-0.4, -0.2) is 21.5 Å². The Bertz CT molecular complexity index is 741. The zero-order chi connectivity index (χ0) is 16.3. The van der Waals surface area contributed by atoms with Crippen molar-refractivity contribution < 1.29 is 22.3 Å². The SMILES string of the molecule is NC(N)=NN=C(c1ccc([N+](=O)[O-])s1)c1ccc([N+](=O)[O-])s1.[Cl-]. The summed E-state index contributed by atoms with van der Waals surface area (Å²) < 4.78 is 0. The molecule has 0 radical (unpaired) electrons. The number of thiophene rings is 2. The van der Waals surface area contributed by atoms with Gasteiger partial charge in [-0.15, -0.1) is 10.2 Å². The van der Waals surface area contributed by atoms with E-state index in [9.17, 15) is 20.2 Å². The van der Waals surface area contributed by atoms with E-state index in [2.05, 4.69) is 10.2 Å². The molecule has 0 saturated carbocycles. The molecule has 2 aromatic heterocycles. The second-order valence-electron chi connectivity index (χ2n) is 3.76. The zero-order valence-corrected chi connectivity index (χ0v) is 13.5. The van der Waals surface area contributed by atoms with E-state index >= 15 is 0 Å². The third-order valence-corrected chi connectivity index (χ3v) is 4.36. The fourth-order valence-corrected chi connectivity index (χ4v) is 3.14. The van der Waals surface area contributed by atoms with Crippen molar-refractivity contribution in [3.8, 4) is 0 Å². The van der Waals surface area contributed by atoms with Gasteiger partial charge in [0.25, 0.3) is 0 Å². The molecule has 122 valence electrons. The van der Waals surface area contributed by atoms with Crippen molar-refractivity contribution in [1.29, 1.82) is 0 Å². The van der Waals surface area contributed by atoms with Gasteiger partial charge in [-0.2, -0.15) is 0 Å². The summed E-state index contributed by atoms with van der Waals surface area (Å²) in [6, 6.07) is 5.59.